The van der Waals surface area contributed by atoms with Gasteiger partial charge in [-0.15, -0.1) is 0 Å². The molecule has 0 saturated carbocycles. The van der Waals surface area contributed by atoms with Gasteiger partial charge in [-0.2, -0.15) is 0 Å². The molecule has 8 heteroatoms. The molecule has 1 aromatic carbocycles. The number of nitrogens with zero attached hydrogens (tertiary/aromatic N) is 2. The first-order chi connectivity index (χ1) is 14.5. The van der Waals surface area contributed by atoms with Gasteiger partial charge in [-0.05, 0) is 44.2 Å². The summed E-state index contributed by atoms with van der Waals surface area (Å²) in [5.74, 6) is 0.797. The Labute approximate surface area is 174 Å². The maximum atomic E-state index is 12.5. The molecular weight excluding hydrogens is 388 g/mol. The molecule has 0 radical (unpaired) electrons. The highest BCUT2D eigenvalue weighted by molar-refractivity contribution is 6.14. The zero-order chi connectivity index (χ0) is 21.8. The summed E-state index contributed by atoms with van der Waals surface area (Å²) in [7, 11) is 4.52. The summed E-state index contributed by atoms with van der Waals surface area (Å²) in [6, 6.07) is 10.6. The van der Waals surface area contributed by atoms with Gasteiger partial charge >= 0.3 is 5.97 Å². The van der Waals surface area contributed by atoms with E-state index in [0.29, 0.717) is 39.6 Å². The fourth-order valence-electron chi connectivity index (χ4n) is 3.44. The van der Waals surface area contributed by atoms with Crippen LogP contribution in [0.25, 0.3) is 5.52 Å². The summed E-state index contributed by atoms with van der Waals surface area (Å²) in [4.78, 5) is 12.5. The van der Waals surface area contributed by atoms with E-state index in [1.54, 1.807) is 25.1 Å². The summed E-state index contributed by atoms with van der Waals surface area (Å²) in [5, 5.41) is 13.5. The lowest BCUT2D eigenvalue weighted by Gasteiger charge is -2.15. The van der Waals surface area contributed by atoms with Gasteiger partial charge in [-0.3, -0.25) is 0 Å². The van der Waals surface area contributed by atoms with Crippen molar-refractivity contribution >= 4 is 17.2 Å². The van der Waals surface area contributed by atoms with Crippen LogP contribution in [0.1, 0.15) is 34.2 Å². The van der Waals surface area contributed by atoms with Crippen LogP contribution in [0.15, 0.2) is 41.6 Å². The number of rotatable bonds is 7. The van der Waals surface area contributed by atoms with Gasteiger partial charge in [-0.1, -0.05) is 11.2 Å². The number of carbonyl (C=O) groups excluding carboxylic acids is 1. The van der Waals surface area contributed by atoms with Crippen molar-refractivity contribution in [2.75, 3.05) is 27.9 Å². The minimum atomic E-state index is -0.450. The summed E-state index contributed by atoms with van der Waals surface area (Å²) >= 11 is 0. The molecule has 0 fully saturated rings. The number of hydrogen-bond acceptors (Lipinski definition) is 7. The minimum absolute atomic E-state index is 0.231. The Hall–Kier alpha value is -3.68. The molecule has 30 heavy (non-hydrogen) atoms. The lowest BCUT2D eigenvalue weighted by molar-refractivity contribution is 0.0529. The van der Waals surface area contributed by atoms with Crippen molar-refractivity contribution in [1.82, 2.24) is 4.40 Å². The number of carbonyl (C=O) groups is 1. The average molecular weight is 412 g/mol. The molecule has 0 atom stereocenters. The van der Waals surface area contributed by atoms with Gasteiger partial charge in [-0.25, -0.2) is 4.79 Å². The Kier molecular flexibility index (Phi) is 6.15. The second kappa shape index (κ2) is 8.77. The van der Waals surface area contributed by atoms with E-state index in [-0.39, 0.29) is 12.3 Å². The van der Waals surface area contributed by atoms with Crippen molar-refractivity contribution in [2.45, 2.75) is 13.8 Å². The molecule has 2 heterocycles. The van der Waals surface area contributed by atoms with Crippen LogP contribution in [-0.2, 0) is 4.74 Å². The maximum Gasteiger partial charge on any atom is 0.340 e. The number of hydrogen-bond donors (Lipinski definition) is 1. The zero-order valence-electron chi connectivity index (χ0n) is 17.6. The molecule has 158 valence electrons. The fraction of sp³-hybridized carbons (Fsp3) is 0.273. The Morgan fingerprint density at radius 2 is 1.73 bits per heavy atom. The maximum absolute atomic E-state index is 12.5. The second-order valence-corrected chi connectivity index (χ2v) is 6.41. The monoisotopic (exact) mass is 412 g/mol. The van der Waals surface area contributed by atoms with Gasteiger partial charge in [0.1, 0.15) is 5.71 Å². The lowest BCUT2D eigenvalue weighted by atomic mass is 10.1. The van der Waals surface area contributed by atoms with Crippen molar-refractivity contribution < 1.29 is 28.9 Å². The predicted molar refractivity (Wildman–Crippen MR) is 112 cm³/mol. The quantitative estimate of drug-likeness (QED) is 0.276. The van der Waals surface area contributed by atoms with E-state index in [0.717, 1.165) is 5.69 Å². The molecule has 0 aliphatic rings. The molecule has 0 amide bonds. The first-order valence-corrected chi connectivity index (χ1v) is 9.31. The molecule has 2 aromatic heterocycles. The van der Waals surface area contributed by atoms with Gasteiger partial charge < -0.3 is 28.6 Å². The third kappa shape index (κ3) is 3.52. The van der Waals surface area contributed by atoms with E-state index in [4.69, 9.17) is 18.9 Å². The van der Waals surface area contributed by atoms with Gasteiger partial charge in [0.05, 0.1) is 44.7 Å². The smallest absolute Gasteiger partial charge is 0.340 e. The van der Waals surface area contributed by atoms with E-state index in [9.17, 15) is 10.0 Å². The van der Waals surface area contributed by atoms with Crippen molar-refractivity contribution in [3.8, 4) is 17.2 Å². The summed E-state index contributed by atoms with van der Waals surface area (Å²) in [6.07, 6.45) is 0. The van der Waals surface area contributed by atoms with E-state index < -0.39 is 5.97 Å². The number of pyridine rings is 1. The first-order valence-electron chi connectivity index (χ1n) is 9.31. The van der Waals surface area contributed by atoms with E-state index >= 15 is 0 Å². The molecule has 0 spiro atoms. The molecule has 1 N–H and O–H groups in total. The van der Waals surface area contributed by atoms with Gasteiger partial charge in [0.25, 0.3) is 0 Å². The SMILES string of the molecule is CCOC(=O)c1cc(/C(=N\O)c2cc(OC)c(OC)c(OC)c2)n2c(C)cccc12. The molecule has 8 nitrogen and oxygen atoms in total. The summed E-state index contributed by atoms with van der Waals surface area (Å²) < 4.78 is 23.2. The highest BCUT2D eigenvalue weighted by Crippen LogP contribution is 2.39. The normalized spacial score (nSPS) is 11.4. The number of oxime groups is 1. The van der Waals surface area contributed by atoms with Crippen molar-refractivity contribution in [3.05, 3.63) is 58.9 Å². The number of benzene rings is 1. The van der Waals surface area contributed by atoms with Crippen LogP contribution in [0.2, 0.25) is 0 Å². The van der Waals surface area contributed by atoms with Crippen molar-refractivity contribution in [1.29, 1.82) is 0 Å². The van der Waals surface area contributed by atoms with Crippen LogP contribution in [0, 0.1) is 6.92 Å². The van der Waals surface area contributed by atoms with Crippen LogP contribution >= 0.6 is 0 Å². The van der Waals surface area contributed by atoms with Crippen LogP contribution < -0.4 is 14.2 Å². The predicted octanol–water partition coefficient (Wildman–Crippen LogP) is 3.68. The van der Waals surface area contributed by atoms with Crippen LogP contribution in [0.3, 0.4) is 0 Å². The minimum Gasteiger partial charge on any atom is -0.493 e. The Morgan fingerprint density at radius 3 is 2.27 bits per heavy atom. The highest BCUT2D eigenvalue weighted by Gasteiger charge is 2.24. The molecule has 0 saturated heterocycles. The third-order valence-electron chi connectivity index (χ3n) is 4.76. The molecule has 3 rings (SSSR count). The number of esters is 1. The molecule has 0 unspecified atom stereocenters. The van der Waals surface area contributed by atoms with Crippen LogP contribution in [-0.4, -0.2) is 49.2 Å². The van der Waals surface area contributed by atoms with Crippen LogP contribution in [0.4, 0.5) is 0 Å². The fourth-order valence-corrected chi connectivity index (χ4v) is 3.44. The van der Waals surface area contributed by atoms with E-state index in [1.807, 2.05) is 29.5 Å². The van der Waals surface area contributed by atoms with Gasteiger partial charge in [0, 0.05) is 11.3 Å². The number of aryl methyl sites for hydroxylation is 1. The van der Waals surface area contributed by atoms with E-state index in [2.05, 4.69) is 5.16 Å². The number of ether oxygens (including phenoxy) is 4. The molecular formula is C22H24N2O6. The molecule has 0 bridgehead atoms. The zero-order valence-corrected chi connectivity index (χ0v) is 17.6. The topological polar surface area (TPSA) is 91.0 Å². The number of fused-ring (bicyclic) bond motifs is 1. The number of methoxy groups -OCH3 is 3. The second-order valence-electron chi connectivity index (χ2n) is 6.41. The van der Waals surface area contributed by atoms with Crippen LogP contribution in [0.5, 0.6) is 17.2 Å². The molecule has 3 aromatic rings. The third-order valence-corrected chi connectivity index (χ3v) is 4.76. The van der Waals surface area contributed by atoms with Crippen molar-refractivity contribution in [3.63, 3.8) is 0 Å². The van der Waals surface area contributed by atoms with Gasteiger partial charge in [0.2, 0.25) is 5.75 Å². The average Bonchev–Trinajstić information content (AvgIpc) is 3.14. The highest BCUT2D eigenvalue weighted by atomic mass is 16.5. The summed E-state index contributed by atoms with van der Waals surface area (Å²) in [6.45, 7) is 3.90. The first kappa shape index (κ1) is 21.0. The Morgan fingerprint density at radius 1 is 1.07 bits per heavy atom. The summed E-state index contributed by atoms with van der Waals surface area (Å²) in [5.41, 5.74) is 3.15. The van der Waals surface area contributed by atoms with E-state index in [1.165, 1.54) is 21.3 Å². The van der Waals surface area contributed by atoms with Crippen molar-refractivity contribution in [2.24, 2.45) is 5.16 Å². The molecule has 0 aliphatic heterocycles. The number of aromatic nitrogens is 1. The Balaban J connectivity index is 2.28. The Bertz CT molecular complexity index is 1090. The van der Waals surface area contributed by atoms with Gasteiger partial charge in [0.15, 0.2) is 11.5 Å². The molecule has 0 aliphatic carbocycles. The largest absolute Gasteiger partial charge is 0.493 e. The lowest BCUT2D eigenvalue weighted by Crippen LogP contribution is -2.09. The standard InChI is InChI=1S/C22H24N2O6/c1-6-30-22(25)15-12-17(24-13(2)8-7-9-16(15)24)20(23-26)14-10-18(27-3)21(29-5)19(11-14)28-4/h7-12,26H,6H2,1-5H3/b23-20-.